The molecule has 134 valence electrons. The summed E-state index contributed by atoms with van der Waals surface area (Å²) in [6, 6.07) is 8.83. The van der Waals surface area contributed by atoms with Crippen LogP contribution in [0.2, 0.25) is 0 Å². The van der Waals surface area contributed by atoms with Crippen LogP contribution in [-0.4, -0.2) is 20.4 Å². The van der Waals surface area contributed by atoms with Gasteiger partial charge in [-0.05, 0) is 42.3 Å². The van der Waals surface area contributed by atoms with Crippen LogP contribution in [0.15, 0.2) is 53.4 Å². The topological polar surface area (TPSA) is 75.3 Å². The first-order valence-corrected chi connectivity index (χ1v) is 9.02. The summed E-state index contributed by atoms with van der Waals surface area (Å²) in [5.41, 5.74) is 0.321. The largest absolute Gasteiger partial charge is 0.325 e. The molecule has 8 heteroatoms. The minimum absolute atomic E-state index is 0.321. The lowest BCUT2D eigenvalue weighted by Gasteiger charge is -2.21. The highest BCUT2D eigenvalue weighted by molar-refractivity contribution is 7.89. The van der Waals surface area contributed by atoms with Crippen LogP contribution >= 0.6 is 0 Å². The van der Waals surface area contributed by atoms with Crippen LogP contribution < -0.4 is 10.0 Å². The zero-order valence-electron chi connectivity index (χ0n) is 13.7. The van der Waals surface area contributed by atoms with Crippen molar-refractivity contribution < 1.29 is 22.0 Å². The minimum atomic E-state index is -4.23. The Kier molecular flexibility index (Phi) is 5.86. The molecule has 25 heavy (non-hydrogen) atoms. The van der Waals surface area contributed by atoms with E-state index in [4.69, 9.17) is 0 Å². The Bertz CT molecular complexity index is 852. The standard InChI is InChI=1S/C17H18F2N2O3S/c1-11(2)16(17(22)20-13-9-7-12(18)8-10-13)21-25(23,24)15-6-4-3-5-14(15)19/h3-11,16,21H,1-2H3,(H,20,22)/t16-/m0/s1. The second-order valence-corrected chi connectivity index (χ2v) is 7.45. The van der Waals surface area contributed by atoms with E-state index >= 15 is 0 Å². The van der Waals surface area contributed by atoms with Gasteiger partial charge in [-0.3, -0.25) is 4.79 Å². The molecule has 0 bridgehead atoms. The van der Waals surface area contributed by atoms with Crippen LogP contribution in [0.5, 0.6) is 0 Å². The minimum Gasteiger partial charge on any atom is -0.325 e. The van der Waals surface area contributed by atoms with E-state index in [1.54, 1.807) is 13.8 Å². The third kappa shape index (κ3) is 4.83. The fraction of sp³-hybridized carbons (Fsp3) is 0.235. The highest BCUT2D eigenvalue weighted by atomic mass is 32.2. The molecule has 5 nitrogen and oxygen atoms in total. The molecule has 0 aromatic heterocycles. The van der Waals surface area contributed by atoms with Crippen LogP contribution in [0.3, 0.4) is 0 Å². The molecule has 2 N–H and O–H groups in total. The maximum Gasteiger partial charge on any atom is 0.244 e. The fourth-order valence-corrected chi connectivity index (χ4v) is 3.56. The Labute approximate surface area is 145 Å². The van der Waals surface area contributed by atoms with E-state index in [9.17, 15) is 22.0 Å². The molecular weight excluding hydrogens is 350 g/mol. The van der Waals surface area contributed by atoms with Gasteiger partial charge in [-0.1, -0.05) is 26.0 Å². The van der Waals surface area contributed by atoms with E-state index in [2.05, 4.69) is 10.0 Å². The molecule has 0 spiro atoms. The van der Waals surface area contributed by atoms with Crippen molar-refractivity contribution in [3.63, 3.8) is 0 Å². The van der Waals surface area contributed by atoms with Crippen molar-refractivity contribution in [3.8, 4) is 0 Å². The number of nitrogens with one attached hydrogen (secondary N) is 2. The van der Waals surface area contributed by atoms with Crippen LogP contribution in [0.1, 0.15) is 13.8 Å². The predicted octanol–water partition coefficient (Wildman–Crippen LogP) is 2.91. The summed E-state index contributed by atoms with van der Waals surface area (Å²) in [6.07, 6.45) is 0. The molecule has 0 aliphatic heterocycles. The Morgan fingerprint density at radius 2 is 1.60 bits per heavy atom. The van der Waals surface area contributed by atoms with Crippen LogP contribution in [0.4, 0.5) is 14.5 Å². The van der Waals surface area contributed by atoms with E-state index in [-0.39, 0.29) is 0 Å². The van der Waals surface area contributed by atoms with Crippen molar-refractivity contribution in [1.82, 2.24) is 4.72 Å². The molecule has 0 aliphatic carbocycles. The summed E-state index contributed by atoms with van der Waals surface area (Å²) in [7, 11) is -4.23. The number of anilines is 1. The molecule has 0 unspecified atom stereocenters. The van der Waals surface area contributed by atoms with E-state index in [1.807, 2.05) is 0 Å². The van der Waals surface area contributed by atoms with Gasteiger partial charge < -0.3 is 5.32 Å². The van der Waals surface area contributed by atoms with Crippen LogP contribution in [0, 0.1) is 17.6 Å². The number of halogens is 2. The predicted molar refractivity (Wildman–Crippen MR) is 90.4 cm³/mol. The zero-order chi connectivity index (χ0) is 18.6. The number of carbonyl (C=O) groups is 1. The van der Waals surface area contributed by atoms with Crippen molar-refractivity contribution in [2.75, 3.05) is 5.32 Å². The third-order valence-corrected chi connectivity index (χ3v) is 4.94. The Balaban J connectivity index is 2.21. The van der Waals surface area contributed by atoms with E-state index < -0.39 is 44.4 Å². The molecule has 0 aliphatic rings. The molecule has 1 atom stereocenters. The normalized spacial score (nSPS) is 12.8. The number of benzene rings is 2. The molecule has 0 saturated carbocycles. The SMILES string of the molecule is CC(C)[C@H](NS(=O)(=O)c1ccccc1F)C(=O)Nc1ccc(F)cc1. The molecule has 1 amide bonds. The van der Waals surface area contributed by atoms with Crippen molar-refractivity contribution in [2.24, 2.45) is 5.92 Å². The zero-order valence-corrected chi connectivity index (χ0v) is 14.5. The average molecular weight is 368 g/mol. The number of carbonyl (C=O) groups excluding carboxylic acids is 1. The summed E-state index contributed by atoms with van der Waals surface area (Å²) >= 11 is 0. The quantitative estimate of drug-likeness (QED) is 0.823. The summed E-state index contributed by atoms with van der Waals surface area (Å²) < 4.78 is 53.7. The summed E-state index contributed by atoms with van der Waals surface area (Å²) in [4.78, 5) is 11.9. The van der Waals surface area contributed by atoms with Gasteiger partial charge in [0, 0.05) is 5.69 Å². The van der Waals surface area contributed by atoms with E-state index in [0.29, 0.717) is 5.69 Å². The Morgan fingerprint density at radius 3 is 2.16 bits per heavy atom. The van der Waals surface area contributed by atoms with Gasteiger partial charge in [0.05, 0.1) is 0 Å². The third-order valence-electron chi connectivity index (χ3n) is 3.47. The maximum atomic E-state index is 13.8. The molecule has 0 saturated heterocycles. The number of sulfonamides is 1. The molecule has 2 rings (SSSR count). The maximum absolute atomic E-state index is 13.8. The van der Waals surface area contributed by atoms with Crippen molar-refractivity contribution in [1.29, 1.82) is 0 Å². The van der Waals surface area contributed by atoms with Crippen LogP contribution in [0.25, 0.3) is 0 Å². The Morgan fingerprint density at radius 1 is 1.00 bits per heavy atom. The van der Waals surface area contributed by atoms with Gasteiger partial charge in [0.15, 0.2) is 0 Å². The van der Waals surface area contributed by atoms with Crippen molar-refractivity contribution >= 4 is 21.6 Å². The lowest BCUT2D eigenvalue weighted by Crippen LogP contribution is -2.47. The molecule has 0 heterocycles. The second kappa shape index (κ2) is 7.71. The van der Waals surface area contributed by atoms with Gasteiger partial charge in [-0.15, -0.1) is 0 Å². The average Bonchev–Trinajstić information content (AvgIpc) is 2.54. The molecule has 0 fully saturated rings. The van der Waals surface area contributed by atoms with E-state index in [0.717, 1.165) is 12.1 Å². The molecule has 2 aromatic carbocycles. The molecular formula is C17H18F2N2O3S. The highest BCUT2D eigenvalue weighted by Crippen LogP contribution is 2.17. The van der Waals surface area contributed by atoms with Gasteiger partial charge in [0.1, 0.15) is 22.6 Å². The molecule has 0 radical (unpaired) electrons. The van der Waals surface area contributed by atoms with Gasteiger partial charge >= 0.3 is 0 Å². The van der Waals surface area contributed by atoms with Gasteiger partial charge in [-0.25, -0.2) is 17.2 Å². The van der Waals surface area contributed by atoms with Crippen molar-refractivity contribution in [2.45, 2.75) is 24.8 Å². The first-order chi connectivity index (χ1) is 11.7. The lowest BCUT2D eigenvalue weighted by molar-refractivity contribution is -0.118. The first kappa shape index (κ1) is 19.0. The second-order valence-electron chi connectivity index (χ2n) is 5.77. The van der Waals surface area contributed by atoms with Gasteiger partial charge in [0.25, 0.3) is 0 Å². The van der Waals surface area contributed by atoms with Crippen molar-refractivity contribution in [3.05, 3.63) is 60.2 Å². The number of hydrogen-bond donors (Lipinski definition) is 2. The summed E-state index contributed by atoms with van der Waals surface area (Å²) in [6.45, 7) is 3.30. The number of amides is 1. The first-order valence-electron chi connectivity index (χ1n) is 7.54. The van der Waals surface area contributed by atoms with E-state index in [1.165, 1.54) is 36.4 Å². The Hall–Kier alpha value is -2.32. The van der Waals surface area contributed by atoms with Crippen LogP contribution in [-0.2, 0) is 14.8 Å². The lowest BCUT2D eigenvalue weighted by atomic mass is 10.0. The smallest absolute Gasteiger partial charge is 0.244 e. The molecule has 2 aromatic rings. The summed E-state index contributed by atoms with van der Waals surface area (Å²) in [5.74, 6) is -2.39. The number of rotatable bonds is 6. The summed E-state index contributed by atoms with van der Waals surface area (Å²) in [5, 5.41) is 2.51. The number of hydrogen-bond acceptors (Lipinski definition) is 3. The monoisotopic (exact) mass is 368 g/mol. The fourth-order valence-electron chi connectivity index (χ4n) is 2.14. The van der Waals surface area contributed by atoms with Gasteiger partial charge in [-0.2, -0.15) is 4.72 Å². The van der Waals surface area contributed by atoms with Gasteiger partial charge in [0.2, 0.25) is 15.9 Å². The highest BCUT2D eigenvalue weighted by Gasteiger charge is 2.29.